The largest absolute Gasteiger partial charge is 0.448 e. The molecule has 0 radical (unpaired) electrons. The Morgan fingerprint density at radius 2 is 1.61 bits per heavy atom. The summed E-state index contributed by atoms with van der Waals surface area (Å²) < 4.78 is 45.2. The quantitative estimate of drug-likeness (QED) is 0.548. The number of halogens is 3. The van der Waals surface area contributed by atoms with E-state index < -0.39 is 30.0 Å². The summed E-state index contributed by atoms with van der Waals surface area (Å²) in [7, 11) is 0. The van der Waals surface area contributed by atoms with Crippen molar-refractivity contribution in [2.45, 2.75) is 30.7 Å². The minimum absolute atomic E-state index is 0.0115. The van der Waals surface area contributed by atoms with Crippen LogP contribution < -0.4 is 0 Å². The SMILES string of the molecule is O=C(OCC1c2ccccc2-c2ccccc21)N1CC(O)CC1c1cccc(C(F)(F)F)c1. The van der Waals surface area contributed by atoms with Crippen molar-refractivity contribution >= 4 is 6.09 Å². The molecular formula is C26H22F3NO3. The van der Waals surface area contributed by atoms with E-state index in [4.69, 9.17) is 4.74 Å². The zero-order valence-corrected chi connectivity index (χ0v) is 17.6. The molecule has 4 nitrogen and oxygen atoms in total. The van der Waals surface area contributed by atoms with E-state index in [0.29, 0.717) is 5.56 Å². The molecule has 0 spiro atoms. The number of carbonyl (C=O) groups is 1. The van der Waals surface area contributed by atoms with Crippen LogP contribution in [0.4, 0.5) is 18.0 Å². The van der Waals surface area contributed by atoms with Crippen LogP contribution in [-0.4, -0.2) is 35.4 Å². The summed E-state index contributed by atoms with van der Waals surface area (Å²) in [4.78, 5) is 14.3. The van der Waals surface area contributed by atoms with E-state index in [-0.39, 0.29) is 25.5 Å². The average molecular weight is 453 g/mol. The van der Waals surface area contributed by atoms with Gasteiger partial charge in [-0.2, -0.15) is 13.2 Å². The molecule has 170 valence electrons. The first-order valence-corrected chi connectivity index (χ1v) is 10.8. The average Bonchev–Trinajstić information content (AvgIpc) is 3.35. The second kappa shape index (κ2) is 8.23. The molecule has 3 aromatic carbocycles. The molecular weight excluding hydrogens is 431 g/mol. The smallest absolute Gasteiger partial charge is 0.416 e. The summed E-state index contributed by atoms with van der Waals surface area (Å²) in [5.74, 6) is -0.124. The van der Waals surface area contributed by atoms with E-state index in [1.807, 2.05) is 48.5 Å². The van der Waals surface area contributed by atoms with Crippen LogP contribution in [0, 0.1) is 0 Å². The lowest BCUT2D eigenvalue weighted by Gasteiger charge is -2.25. The van der Waals surface area contributed by atoms with Gasteiger partial charge in [-0.1, -0.05) is 60.7 Å². The molecule has 33 heavy (non-hydrogen) atoms. The highest BCUT2D eigenvalue weighted by Gasteiger charge is 2.39. The highest BCUT2D eigenvalue weighted by Crippen LogP contribution is 2.45. The Labute approximate surface area is 189 Å². The van der Waals surface area contributed by atoms with Crippen molar-refractivity contribution in [3.63, 3.8) is 0 Å². The lowest BCUT2D eigenvalue weighted by atomic mass is 9.98. The van der Waals surface area contributed by atoms with Gasteiger partial charge < -0.3 is 9.84 Å². The van der Waals surface area contributed by atoms with Gasteiger partial charge in [0, 0.05) is 5.92 Å². The van der Waals surface area contributed by atoms with Gasteiger partial charge in [-0.05, 0) is 46.4 Å². The Hall–Kier alpha value is -3.32. The maximum absolute atomic E-state index is 13.2. The van der Waals surface area contributed by atoms with Crippen LogP contribution in [0.5, 0.6) is 0 Å². The predicted molar refractivity (Wildman–Crippen MR) is 117 cm³/mol. The molecule has 1 aliphatic heterocycles. The normalized spacial score (nSPS) is 19.9. The number of ether oxygens (including phenoxy) is 1. The number of aliphatic hydroxyl groups excluding tert-OH is 1. The van der Waals surface area contributed by atoms with Crippen LogP contribution >= 0.6 is 0 Å². The van der Waals surface area contributed by atoms with Crippen LogP contribution in [0.15, 0.2) is 72.8 Å². The molecule has 1 aliphatic carbocycles. The summed E-state index contributed by atoms with van der Waals surface area (Å²) in [6.07, 6.45) is -5.80. The molecule has 5 rings (SSSR count). The maximum atomic E-state index is 13.2. The van der Waals surface area contributed by atoms with Crippen molar-refractivity contribution in [2.24, 2.45) is 0 Å². The number of amides is 1. The molecule has 1 N–H and O–H groups in total. The number of aliphatic hydroxyl groups is 1. The second-order valence-electron chi connectivity index (χ2n) is 8.48. The van der Waals surface area contributed by atoms with Gasteiger partial charge in [-0.25, -0.2) is 4.79 Å². The first kappa shape index (κ1) is 21.5. The Balaban J connectivity index is 1.36. The van der Waals surface area contributed by atoms with E-state index in [0.717, 1.165) is 34.4 Å². The number of likely N-dealkylation sites (tertiary alicyclic amines) is 1. The minimum Gasteiger partial charge on any atom is -0.448 e. The standard InChI is InChI=1S/C26H22F3NO3/c27-26(28,29)17-7-5-6-16(12-17)24-13-18(31)14-30(24)25(32)33-15-23-21-10-3-1-8-19(21)20-9-2-4-11-22(20)23/h1-12,18,23-24,31H,13-15H2. The fourth-order valence-electron chi connectivity index (χ4n) is 4.93. The third kappa shape index (κ3) is 3.97. The Morgan fingerprint density at radius 3 is 2.24 bits per heavy atom. The van der Waals surface area contributed by atoms with E-state index >= 15 is 0 Å². The molecule has 1 fully saturated rings. The van der Waals surface area contributed by atoms with Crippen molar-refractivity contribution in [3.05, 3.63) is 95.1 Å². The molecule has 2 aliphatic rings. The summed E-state index contributed by atoms with van der Waals surface area (Å²) in [5, 5.41) is 10.2. The number of carbonyl (C=O) groups excluding carboxylic acids is 1. The Kier molecular flexibility index (Phi) is 5.37. The Bertz CT molecular complexity index is 1150. The number of fused-ring (bicyclic) bond motifs is 3. The van der Waals surface area contributed by atoms with E-state index in [1.165, 1.54) is 11.0 Å². The molecule has 3 aromatic rings. The van der Waals surface area contributed by atoms with Crippen molar-refractivity contribution < 1.29 is 27.8 Å². The van der Waals surface area contributed by atoms with Crippen LogP contribution in [0.25, 0.3) is 11.1 Å². The second-order valence-corrected chi connectivity index (χ2v) is 8.48. The number of hydrogen-bond acceptors (Lipinski definition) is 3. The fraction of sp³-hybridized carbons (Fsp3) is 0.269. The molecule has 0 bridgehead atoms. The first-order chi connectivity index (χ1) is 15.8. The number of alkyl halides is 3. The lowest BCUT2D eigenvalue weighted by Crippen LogP contribution is -2.33. The predicted octanol–water partition coefficient (Wildman–Crippen LogP) is 5.76. The summed E-state index contributed by atoms with van der Waals surface area (Å²) >= 11 is 0. The molecule has 7 heteroatoms. The third-order valence-corrected chi connectivity index (χ3v) is 6.45. The first-order valence-electron chi connectivity index (χ1n) is 10.8. The van der Waals surface area contributed by atoms with Crippen LogP contribution in [0.3, 0.4) is 0 Å². The van der Waals surface area contributed by atoms with Gasteiger partial charge in [0.25, 0.3) is 0 Å². The van der Waals surface area contributed by atoms with Gasteiger partial charge in [-0.3, -0.25) is 4.90 Å². The summed E-state index contributed by atoms with van der Waals surface area (Å²) in [6.45, 7) is 0.117. The van der Waals surface area contributed by atoms with Crippen LogP contribution in [-0.2, 0) is 10.9 Å². The summed E-state index contributed by atoms with van der Waals surface area (Å²) in [5.41, 5.74) is 3.90. The number of rotatable bonds is 3. The molecule has 1 amide bonds. The van der Waals surface area contributed by atoms with E-state index in [1.54, 1.807) is 6.07 Å². The van der Waals surface area contributed by atoms with E-state index in [2.05, 4.69) is 0 Å². The zero-order chi connectivity index (χ0) is 23.2. The van der Waals surface area contributed by atoms with E-state index in [9.17, 15) is 23.1 Å². The number of benzene rings is 3. The van der Waals surface area contributed by atoms with Crippen molar-refractivity contribution in [1.29, 1.82) is 0 Å². The third-order valence-electron chi connectivity index (χ3n) is 6.45. The lowest BCUT2D eigenvalue weighted by molar-refractivity contribution is -0.137. The van der Waals surface area contributed by atoms with Gasteiger partial charge in [-0.15, -0.1) is 0 Å². The zero-order valence-electron chi connectivity index (χ0n) is 17.6. The van der Waals surface area contributed by atoms with Crippen molar-refractivity contribution in [3.8, 4) is 11.1 Å². The minimum atomic E-state index is -4.48. The van der Waals surface area contributed by atoms with Crippen LogP contribution in [0.2, 0.25) is 0 Å². The molecule has 1 saturated heterocycles. The Morgan fingerprint density at radius 1 is 0.970 bits per heavy atom. The topological polar surface area (TPSA) is 49.8 Å². The molecule has 2 atom stereocenters. The highest BCUT2D eigenvalue weighted by atomic mass is 19.4. The van der Waals surface area contributed by atoms with Crippen molar-refractivity contribution in [1.82, 2.24) is 4.90 Å². The van der Waals surface area contributed by atoms with Gasteiger partial charge in [0.15, 0.2) is 0 Å². The molecule has 0 saturated carbocycles. The molecule has 1 heterocycles. The summed E-state index contributed by atoms with van der Waals surface area (Å²) in [6, 6.07) is 20.1. The molecule has 2 unspecified atom stereocenters. The maximum Gasteiger partial charge on any atom is 0.416 e. The van der Waals surface area contributed by atoms with Gasteiger partial charge >= 0.3 is 12.3 Å². The van der Waals surface area contributed by atoms with Gasteiger partial charge in [0.05, 0.1) is 24.3 Å². The highest BCUT2D eigenvalue weighted by molar-refractivity contribution is 5.79. The van der Waals surface area contributed by atoms with Crippen molar-refractivity contribution in [2.75, 3.05) is 13.2 Å². The number of β-amino-alcohol motifs (C(OH)–C–C–N with tert-alkyl or cyclic N) is 1. The van der Waals surface area contributed by atoms with Crippen LogP contribution in [0.1, 0.15) is 40.6 Å². The monoisotopic (exact) mass is 453 g/mol. The molecule has 0 aromatic heterocycles. The number of nitrogens with zero attached hydrogens (tertiary/aromatic N) is 1. The van der Waals surface area contributed by atoms with Gasteiger partial charge in [0.2, 0.25) is 0 Å². The van der Waals surface area contributed by atoms with Gasteiger partial charge in [0.1, 0.15) is 6.61 Å². The number of hydrogen-bond donors (Lipinski definition) is 1. The fourth-order valence-corrected chi connectivity index (χ4v) is 4.93.